The van der Waals surface area contributed by atoms with Gasteiger partial charge in [0, 0.05) is 12.1 Å². The number of benzene rings is 2. The molecule has 0 saturated heterocycles. The zero-order chi connectivity index (χ0) is 18.0. The van der Waals surface area contributed by atoms with Gasteiger partial charge in [-0.1, -0.05) is 17.7 Å². The second kappa shape index (κ2) is 6.64. The van der Waals surface area contributed by atoms with E-state index in [0.29, 0.717) is 24.7 Å². The number of esters is 1. The molecule has 0 aromatic heterocycles. The quantitative estimate of drug-likeness (QED) is 0.839. The van der Waals surface area contributed by atoms with Gasteiger partial charge >= 0.3 is 5.97 Å². The Bertz CT molecular complexity index is 905. The van der Waals surface area contributed by atoms with Crippen LogP contribution in [0, 0.1) is 6.92 Å². The average molecular weight is 363 g/mol. The number of hydrogen-bond acceptors (Lipinski definition) is 6. The molecule has 0 bridgehead atoms. The van der Waals surface area contributed by atoms with Crippen LogP contribution in [0.2, 0.25) is 0 Å². The first-order valence-corrected chi connectivity index (χ1v) is 9.00. The molecule has 0 amide bonds. The van der Waals surface area contributed by atoms with Gasteiger partial charge in [0.2, 0.25) is 0 Å². The molecule has 0 atom stereocenters. The van der Waals surface area contributed by atoms with Crippen LogP contribution in [0.25, 0.3) is 0 Å². The molecule has 132 valence electrons. The summed E-state index contributed by atoms with van der Waals surface area (Å²) >= 11 is 0. The molecule has 1 heterocycles. The molecular weight excluding hydrogens is 346 g/mol. The highest BCUT2D eigenvalue weighted by atomic mass is 32.2. The van der Waals surface area contributed by atoms with Gasteiger partial charge in [-0.15, -0.1) is 0 Å². The highest BCUT2D eigenvalue weighted by Gasteiger charge is 2.24. The largest absolute Gasteiger partial charge is 0.486 e. The fourth-order valence-corrected chi connectivity index (χ4v) is 3.44. The lowest BCUT2D eigenvalue weighted by atomic mass is 10.1. The molecule has 0 radical (unpaired) electrons. The zero-order valence-corrected chi connectivity index (χ0v) is 14.6. The molecule has 0 unspecified atom stereocenters. The summed E-state index contributed by atoms with van der Waals surface area (Å²) in [5.41, 5.74) is 1.05. The van der Waals surface area contributed by atoms with Gasteiger partial charge in [0.05, 0.1) is 23.3 Å². The van der Waals surface area contributed by atoms with E-state index in [9.17, 15) is 13.2 Å². The van der Waals surface area contributed by atoms with Crippen molar-refractivity contribution < 1.29 is 27.4 Å². The molecule has 25 heavy (non-hydrogen) atoms. The molecule has 2 aromatic rings. The van der Waals surface area contributed by atoms with E-state index < -0.39 is 16.0 Å². The maximum absolute atomic E-state index is 12.6. The zero-order valence-electron chi connectivity index (χ0n) is 13.7. The molecule has 2 aromatic carbocycles. The molecular formula is C17H17NO6S. The Morgan fingerprint density at radius 3 is 2.28 bits per heavy atom. The molecule has 0 saturated carbocycles. The van der Waals surface area contributed by atoms with Crippen molar-refractivity contribution in [3.63, 3.8) is 0 Å². The first kappa shape index (κ1) is 17.1. The summed E-state index contributed by atoms with van der Waals surface area (Å²) in [5.74, 6) is 0.0454. The van der Waals surface area contributed by atoms with Gasteiger partial charge in [0.25, 0.3) is 10.0 Å². The average Bonchev–Trinajstić information content (AvgIpc) is 2.60. The van der Waals surface area contributed by atoms with Crippen molar-refractivity contribution in [2.24, 2.45) is 0 Å². The fraction of sp³-hybridized carbons (Fsp3) is 0.235. The van der Waals surface area contributed by atoms with E-state index in [4.69, 9.17) is 14.2 Å². The number of hydrogen-bond donors (Lipinski definition) is 1. The topological polar surface area (TPSA) is 90.9 Å². The molecule has 3 rings (SSSR count). The van der Waals surface area contributed by atoms with Gasteiger partial charge in [0.15, 0.2) is 11.5 Å². The second-order valence-electron chi connectivity index (χ2n) is 5.45. The summed E-state index contributed by atoms with van der Waals surface area (Å²) < 4.78 is 43.3. The van der Waals surface area contributed by atoms with Crippen molar-refractivity contribution in [1.29, 1.82) is 0 Å². The van der Waals surface area contributed by atoms with Crippen LogP contribution >= 0.6 is 0 Å². The Morgan fingerprint density at radius 1 is 1.08 bits per heavy atom. The summed E-state index contributed by atoms with van der Waals surface area (Å²) in [6, 6.07) is 9.21. The van der Waals surface area contributed by atoms with Gasteiger partial charge in [0.1, 0.15) is 13.2 Å². The van der Waals surface area contributed by atoms with Crippen LogP contribution in [0.5, 0.6) is 11.5 Å². The number of carbonyl (C=O) groups excluding carboxylic acids is 1. The van der Waals surface area contributed by atoms with E-state index in [1.807, 2.05) is 6.92 Å². The smallest absolute Gasteiger partial charge is 0.340 e. The van der Waals surface area contributed by atoms with Crippen molar-refractivity contribution >= 4 is 21.7 Å². The van der Waals surface area contributed by atoms with Crippen molar-refractivity contribution in [3.8, 4) is 11.5 Å². The standard InChI is InChI=1S/C17H17NO6S/c1-11-3-5-12(6-4-11)25(20,21)18-14-10-16-15(23-7-8-24-16)9-13(14)17(19)22-2/h3-6,9-10,18H,7-8H2,1-2H3. The lowest BCUT2D eigenvalue weighted by Gasteiger charge is -2.21. The van der Waals surface area contributed by atoms with Crippen LogP contribution in [0.4, 0.5) is 5.69 Å². The van der Waals surface area contributed by atoms with Crippen LogP contribution < -0.4 is 14.2 Å². The number of carbonyl (C=O) groups is 1. The molecule has 1 aliphatic rings. The minimum absolute atomic E-state index is 0.0439. The number of fused-ring (bicyclic) bond motifs is 1. The van der Waals surface area contributed by atoms with Crippen LogP contribution in [0.3, 0.4) is 0 Å². The van der Waals surface area contributed by atoms with E-state index >= 15 is 0 Å². The number of ether oxygens (including phenoxy) is 3. The van der Waals surface area contributed by atoms with E-state index in [1.165, 1.54) is 31.4 Å². The second-order valence-corrected chi connectivity index (χ2v) is 7.13. The molecule has 0 aliphatic carbocycles. The third-order valence-corrected chi connectivity index (χ3v) is 5.04. The van der Waals surface area contributed by atoms with Gasteiger partial charge in [-0.2, -0.15) is 0 Å². The van der Waals surface area contributed by atoms with Crippen molar-refractivity contribution in [2.45, 2.75) is 11.8 Å². The lowest BCUT2D eigenvalue weighted by Crippen LogP contribution is -2.19. The number of methoxy groups -OCH3 is 1. The molecule has 0 spiro atoms. The van der Waals surface area contributed by atoms with Crippen molar-refractivity contribution in [2.75, 3.05) is 25.0 Å². The summed E-state index contributed by atoms with van der Waals surface area (Å²) in [6.07, 6.45) is 0. The minimum atomic E-state index is -3.88. The summed E-state index contributed by atoms with van der Waals surface area (Å²) in [7, 11) is -2.66. The monoisotopic (exact) mass is 363 g/mol. The Kier molecular flexibility index (Phi) is 4.54. The Hall–Kier alpha value is -2.74. The summed E-state index contributed by atoms with van der Waals surface area (Å²) in [5, 5.41) is 0. The highest BCUT2D eigenvalue weighted by Crippen LogP contribution is 2.36. The van der Waals surface area contributed by atoms with E-state index in [2.05, 4.69) is 4.72 Å². The highest BCUT2D eigenvalue weighted by molar-refractivity contribution is 7.92. The number of rotatable bonds is 4. The fourth-order valence-electron chi connectivity index (χ4n) is 2.37. The minimum Gasteiger partial charge on any atom is -0.486 e. The summed E-state index contributed by atoms with van der Waals surface area (Å²) in [6.45, 7) is 2.55. The summed E-state index contributed by atoms with van der Waals surface area (Å²) in [4.78, 5) is 12.1. The number of sulfonamides is 1. The van der Waals surface area contributed by atoms with Gasteiger partial charge in [-0.25, -0.2) is 13.2 Å². The van der Waals surface area contributed by atoms with Gasteiger partial charge in [-0.05, 0) is 19.1 Å². The third kappa shape index (κ3) is 3.53. The Labute approximate surface area is 145 Å². The molecule has 0 fully saturated rings. The van der Waals surface area contributed by atoms with E-state index in [-0.39, 0.29) is 16.1 Å². The van der Waals surface area contributed by atoms with E-state index in [0.717, 1.165) is 5.56 Å². The first-order chi connectivity index (χ1) is 11.9. The lowest BCUT2D eigenvalue weighted by molar-refractivity contribution is 0.0601. The van der Waals surface area contributed by atoms with Gasteiger partial charge < -0.3 is 14.2 Å². The molecule has 1 aliphatic heterocycles. The third-order valence-electron chi connectivity index (χ3n) is 3.66. The molecule has 8 heteroatoms. The van der Waals surface area contributed by atoms with Crippen LogP contribution in [0.1, 0.15) is 15.9 Å². The predicted molar refractivity (Wildman–Crippen MR) is 90.8 cm³/mol. The maximum atomic E-state index is 12.6. The predicted octanol–water partition coefficient (Wildman–Crippen LogP) is 2.35. The van der Waals surface area contributed by atoms with Crippen LogP contribution in [-0.4, -0.2) is 34.7 Å². The Morgan fingerprint density at radius 2 is 1.68 bits per heavy atom. The number of aryl methyl sites for hydroxylation is 1. The molecule has 1 N–H and O–H groups in total. The molecule has 7 nitrogen and oxygen atoms in total. The normalized spacial score (nSPS) is 13.2. The number of anilines is 1. The first-order valence-electron chi connectivity index (χ1n) is 7.52. The maximum Gasteiger partial charge on any atom is 0.340 e. The van der Waals surface area contributed by atoms with Crippen LogP contribution in [-0.2, 0) is 14.8 Å². The van der Waals surface area contributed by atoms with Gasteiger partial charge in [-0.3, -0.25) is 4.72 Å². The van der Waals surface area contributed by atoms with Crippen LogP contribution in [0.15, 0.2) is 41.3 Å². The number of nitrogens with one attached hydrogen (secondary N) is 1. The van der Waals surface area contributed by atoms with Crippen molar-refractivity contribution in [3.05, 3.63) is 47.5 Å². The van der Waals surface area contributed by atoms with Crippen molar-refractivity contribution in [1.82, 2.24) is 0 Å². The Balaban J connectivity index is 2.03. The SMILES string of the molecule is COC(=O)c1cc2c(cc1NS(=O)(=O)c1ccc(C)cc1)OCCO2. The van der Waals surface area contributed by atoms with E-state index in [1.54, 1.807) is 12.1 Å².